The second-order valence-electron chi connectivity index (χ2n) is 7.78. The van der Waals surface area contributed by atoms with Crippen LogP contribution in [0.4, 0.5) is 4.39 Å². The molecule has 0 N–H and O–H groups in total. The maximum absolute atomic E-state index is 13.3. The molecule has 5 heteroatoms. The number of benzene rings is 1. The van der Waals surface area contributed by atoms with Crippen molar-refractivity contribution in [2.24, 2.45) is 0 Å². The number of halogens is 1. The van der Waals surface area contributed by atoms with Gasteiger partial charge in [0, 0.05) is 19.1 Å². The molecule has 1 atom stereocenters. The molecule has 0 bridgehead atoms. The summed E-state index contributed by atoms with van der Waals surface area (Å²) < 4.78 is 19.5. The molecular formula is C20H27FN2O2. The van der Waals surface area contributed by atoms with Gasteiger partial charge >= 0.3 is 0 Å². The molecule has 0 saturated carbocycles. The Labute approximate surface area is 148 Å². The highest BCUT2D eigenvalue weighted by Crippen LogP contribution is 2.38. The Bertz CT molecular complexity index is 622. The Balaban J connectivity index is 1.30. The lowest BCUT2D eigenvalue weighted by Crippen LogP contribution is -2.47. The fraction of sp³-hybridized carbons (Fsp3) is 0.650. The van der Waals surface area contributed by atoms with E-state index < -0.39 is 0 Å². The first-order valence-corrected chi connectivity index (χ1v) is 9.54. The highest BCUT2D eigenvalue weighted by atomic mass is 19.1. The molecule has 1 aromatic rings. The number of carbonyl (C=O) groups excluding carboxylic acids is 1. The van der Waals surface area contributed by atoms with Crippen LogP contribution in [0.2, 0.25) is 0 Å². The summed E-state index contributed by atoms with van der Waals surface area (Å²) in [5.41, 5.74) is 0.722. The zero-order valence-corrected chi connectivity index (χ0v) is 14.8. The van der Waals surface area contributed by atoms with E-state index in [4.69, 9.17) is 4.74 Å². The van der Waals surface area contributed by atoms with Crippen molar-refractivity contribution >= 4 is 5.91 Å². The molecule has 0 radical (unpaired) electrons. The van der Waals surface area contributed by atoms with E-state index in [1.165, 1.54) is 38.1 Å². The summed E-state index contributed by atoms with van der Waals surface area (Å²) in [5.74, 6) is -0.190. The molecule has 1 spiro atoms. The highest BCUT2D eigenvalue weighted by molar-refractivity contribution is 5.78. The maximum Gasteiger partial charge on any atom is 0.226 e. The molecule has 3 saturated heterocycles. The van der Waals surface area contributed by atoms with Crippen LogP contribution in [0.3, 0.4) is 0 Å². The minimum atomic E-state index is -0.282. The zero-order chi connectivity index (χ0) is 17.3. The molecule has 1 aromatic carbocycles. The summed E-state index contributed by atoms with van der Waals surface area (Å²) in [7, 11) is 0. The molecule has 0 aromatic heterocycles. The quantitative estimate of drug-likeness (QED) is 0.843. The molecule has 4 rings (SSSR count). The van der Waals surface area contributed by atoms with Crippen molar-refractivity contribution < 1.29 is 13.9 Å². The Morgan fingerprint density at radius 3 is 2.68 bits per heavy atom. The number of likely N-dealkylation sites (tertiary alicyclic amines) is 2. The van der Waals surface area contributed by atoms with E-state index in [1.54, 1.807) is 6.07 Å². The lowest BCUT2D eigenvalue weighted by Gasteiger charge is -2.39. The molecule has 25 heavy (non-hydrogen) atoms. The summed E-state index contributed by atoms with van der Waals surface area (Å²) in [6.45, 7) is 4.77. The number of amides is 1. The van der Waals surface area contributed by atoms with Crippen LogP contribution in [-0.4, -0.2) is 60.1 Å². The topological polar surface area (TPSA) is 32.8 Å². The van der Waals surface area contributed by atoms with Crippen LogP contribution in [0.1, 0.15) is 37.7 Å². The van der Waals surface area contributed by atoms with E-state index in [-0.39, 0.29) is 23.7 Å². The SMILES string of the molecule is O=C(Cc1cccc(F)c1)N1CCC2(CC1)CC(N1CCCC1)CO2. The maximum atomic E-state index is 13.3. The van der Waals surface area contributed by atoms with E-state index in [1.807, 2.05) is 11.0 Å². The first-order valence-electron chi connectivity index (χ1n) is 9.54. The molecule has 136 valence electrons. The Morgan fingerprint density at radius 1 is 1.20 bits per heavy atom. The Morgan fingerprint density at radius 2 is 1.96 bits per heavy atom. The van der Waals surface area contributed by atoms with E-state index >= 15 is 0 Å². The smallest absolute Gasteiger partial charge is 0.226 e. The highest BCUT2D eigenvalue weighted by Gasteiger charge is 2.45. The lowest BCUT2D eigenvalue weighted by molar-refractivity contribution is -0.135. The zero-order valence-electron chi connectivity index (χ0n) is 14.8. The van der Waals surface area contributed by atoms with Gasteiger partial charge in [0.25, 0.3) is 0 Å². The molecule has 4 nitrogen and oxygen atoms in total. The molecular weight excluding hydrogens is 319 g/mol. The summed E-state index contributed by atoms with van der Waals surface area (Å²) >= 11 is 0. The van der Waals surface area contributed by atoms with Gasteiger partial charge < -0.3 is 9.64 Å². The van der Waals surface area contributed by atoms with Crippen molar-refractivity contribution in [1.29, 1.82) is 0 Å². The van der Waals surface area contributed by atoms with Gasteiger partial charge in [0.2, 0.25) is 5.91 Å². The van der Waals surface area contributed by atoms with Crippen molar-refractivity contribution in [3.63, 3.8) is 0 Å². The van der Waals surface area contributed by atoms with Crippen molar-refractivity contribution in [3.8, 4) is 0 Å². The van der Waals surface area contributed by atoms with Crippen LogP contribution in [0.5, 0.6) is 0 Å². The van der Waals surface area contributed by atoms with Gasteiger partial charge in [-0.2, -0.15) is 0 Å². The third-order valence-electron chi connectivity index (χ3n) is 6.12. The summed E-state index contributed by atoms with van der Waals surface area (Å²) in [6, 6.07) is 6.90. The molecule has 3 aliphatic rings. The second-order valence-corrected chi connectivity index (χ2v) is 7.78. The van der Waals surface area contributed by atoms with Crippen molar-refractivity contribution in [2.45, 2.75) is 50.2 Å². The van der Waals surface area contributed by atoms with E-state index in [0.29, 0.717) is 6.04 Å². The first kappa shape index (κ1) is 17.0. The fourth-order valence-corrected chi connectivity index (χ4v) is 4.61. The van der Waals surface area contributed by atoms with Gasteiger partial charge in [-0.3, -0.25) is 9.69 Å². The molecule has 3 heterocycles. The normalized spacial score (nSPS) is 26.4. The fourth-order valence-electron chi connectivity index (χ4n) is 4.61. The van der Waals surface area contributed by atoms with Gasteiger partial charge in [-0.15, -0.1) is 0 Å². The van der Waals surface area contributed by atoms with Gasteiger partial charge in [0.1, 0.15) is 5.82 Å². The lowest BCUT2D eigenvalue weighted by atomic mass is 9.87. The number of ether oxygens (including phenoxy) is 1. The Hall–Kier alpha value is -1.46. The monoisotopic (exact) mass is 346 g/mol. The number of rotatable bonds is 3. The van der Waals surface area contributed by atoms with Gasteiger partial charge in [-0.05, 0) is 62.9 Å². The Kier molecular flexibility index (Phi) is 4.78. The average molecular weight is 346 g/mol. The first-order chi connectivity index (χ1) is 12.1. The van der Waals surface area contributed by atoms with Gasteiger partial charge in [0.15, 0.2) is 0 Å². The molecule has 0 aliphatic carbocycles. The molecule has 1 unspecified atom stereocenters. The third-order valence-corrected chi connectivity index (χ3v) is 6.12. The van der Waals surface area contributed by atoms with Crippen LogP contribution in [-0.2, 0) is 16.0 Å². The summed E-state index contributed by atoms with van der Waals surface area (Å²) in [6.07, 6.45) is 5.86. The molecule has 1 amide bonds. The van der Waals surface area contributed by atoms with Gasteiger partial charge in [-0.25, -0.2) is 4.39 Å². The number of hydrogen-bond donors (Lipinski definition) is 0. The standard InChI is InChI=1S/C20H27FN2O2/c21-17-5-3-4-16(12-17)13-19(24)23-10-6-20(7-11-23)14-18(15-25-20)22-8-1-2-9-22/h3-5,12,18H,1-2,6-11,13-15H2. The third kappa shape index (κ3) is 3.72. The van der Waals surface area contributed by atoms with E-state index in [9.17, 15) is 9.18 Å². The predicted octanol–water partition coefficient (Wildman–Crippen LogP) is 2.61. The second kappa shape index (κ2) is 7.04. The van der Waals surface area contributed by atoms with Crippen LogP contribution in [0, 0.1) is 5.82 Å². The minimum Gasteiger partial charge on any atom is -0.373 e. The number of piperidine rings is 1. The van der Waals surface area contributed by atoms with E-state index in [2.05, 4.69) is 4.90 Å². The van der Waals surface area contributed by atoms with Crippen molar-refractivity contribution in [3.05, 3.63) is 35.6 Å². The van der Waals surface area contributed by atoms with Gasteiger partial charge in [0.05, 0.1) is 18.6 Å². The van der Waals surface area contributed by atoms with E-state index in [0.717, 1.165) is 44.5 Å². The predicted molar refractivity (Wildman–Crippen MR) is 93.8 cm³/mol. The number of hydrogen-bond acceptors (Lipinski definition) is 3. The van der Waals surface area contributed by atoms with Crippen LogP contribution >= 0.6 is 0 Å². The average Bonchev–Trinajstić information content (AvgIpc) is 3.26. The molecule has 3 fully saturated rings. The van der Waals surface area contributed by atoms with Crippen molar-refractivity contribution in [2.75, 3.05) is 32.8 Å². The van der Waals surface area contributed by atoms with Crippen LogP contribution in [0.25, 0.3) is 0 Å². The largest absolute Gasteiger partial charge is 0.373 e. The van der Waals surface area contributed by atoms with Crippen molar-refractivity contribution in [1.82, 2.24) is 9.80 Å². The summed E-state index contributed by atoms with van der Waals surface area (Å²) in [5, 5.41) is 0. The van der Waals surface area contributed by atoms with Gasteiger partial charge in [-0.1, -0.05) is 12.1 Å². The van der Waals surface area contributed by atoms with Crippen LogP contribution < -0.4 is 0 Å². The molecule has 3 aliphatic heterocycles. The summed E-state index contributed by atoms with van der Waals surface area (Å²) in [4.78, 5) is 17.0. The number of nitrogens with zero attached hydrogens (tertiary/aromatic N) is 2. The minimum absolute atomic E-state index is 0.0249. The number of carbonyl (C=O) groups is 1. The van der Waals surface area contributed by atoms with Crippen LogP contribution in [0.15, 0.2) is 24.3 Å².